The molecule has 4 heterocycles. The van der Waals surface area contributed by atoms with Crippen LogP contribution >= 0.6 is 0 Å². The molecule has 11 nitrogen and oxygen atoms in total. The maximum atomic E-state index is 14.2. The number of benzene rings is 2. The van der Waals surface area contributed by atoms with Crippen LogP contribution in [-0.2, 0) is 9.53 Å². The van der Waals surface area contributed by atoms with Crippen molar-refractivity contribution in [2.45, 2.75) is 20.0 Å². The largest absolute Gasteiger partial charge is 0.480 e. The molecule has 0 unspecified atom stereocenters. The van der Waals surface area contributed by atoms with Gasteiger partial charge in [-0.05, 0) is 62.4 Å². The molecular formula is C31H24FN5O6. The number of fused-ring (bicyclic) bond motifs is 2. The molecule has 0 bridgehead atoms. The van der Waals surface area contributed by atoms with Crippen LogP contribution in [0.15, 0.2) is 79.1 Å². The number of pyridine rings is 2. The summed E-state index contributed by atoms with van der Waals surface area (Å²) in [4.78, 5) is 48.8. The minimum atomic E-state index is -0.841. The first-order valence-electron chi connectivity index (χ1n) is 13.4. The summed E-state index contributed by atoms with van der Waals surface area (Å²) in [6.07, 6.45) is 2.48. The Balaban J connectivity index is 1.42. The number of hydrogen-bond donors (Lipinski definition) is 0. The molecule has 2 aromatic carbocycles. The van der Waals surface area contributed by atoms with Gasteiger partial charge in [-0.25, -0.2) is 28.7 Å². The van der Waals surface area contributed by atoms with E-state index in [1.807, 2.05) is 0 Å². The zero-order valence-corrected chi connectivity index (χ0v) is 23.1. The minimum Gasteiger partial charge on any atom is -0.480 e. The van der Waals surface area contributed by atoms with E-state index in [1.165, 1.54) is 24.3 Å². The summed E-state index contributed by atoms with van der Waals surface area (Å²) < 4.78 is 32.6. The summed E-state index contributed by atoms with van der Waals surface area (Å²) in [6, 6.07) is 17.0. The van der Waals surface area contributed by atoms with Gasteiger partial charge in [0.1, 0.15) is 17.6 Å². The van der Waals surface area contributed by atoms with E-state index in [9.17, 15) is 18.8 Å². The Morgan fingerprint density at radius 3 is 2.44 bits per heavy atom. The van der Waals surface area contributed by atoms with Crippen molar-refractivity contribution in [1.82, 2.24) is 19.7 Å². The van der Waals surface area contributed by atoms with E-state index in [1.54, 1.807) is 73.4 Å². The van der Waals surface area contributed by atoms with Gasteiger partial charge in [0.2, 0.25) is 5.88 Å². The van der Waals surface area contributed by atoms with Crippen LogP contribution in [0.2, 0.25) is 0 Å². The highest BCUT2D eigenvalue weighted by Gasteiger charge is 2.39. The smallest absolute Gasteiger partial charge is 0.344 e. The average molecular weight is 582 g/mol. The van der Waals surface area contributed by atoms with E-state index in [4.69, 9.17) is 14.2 Å². The van der Waals surface area contributed by atoms with Gasteiger partial charge in [0.25, 0.3) is 11.8 Å². The average Bonchev–Trinajstić information content (AvgIpc) is 3.63. The summed E-state index contributed by atoms with van der Waals surface area (Å²) in [7, 11) is 0. The first-order valence-corrected chi connectivity index (χ1v) is 13.4. The molecule has 0 N–H and O–H groups in total. The zero-order chi connectivity index (χ0) is 30.1. The second kappa shape index (κ2) is 11.3. The second-order valence-electron chi connectivity index (χ2n) is 9.50. The molecule has 0 spiro atoms. The minimum absolute atomic E-state index is 0.0474. The van der Waals surface area contributed by atoms with Crippen LogP contribution in [-0.4, -0.2) is 50.7 Å². The molecule has 216 valence electrons. The predicted octanol–water partition coefficient (Wildman–Crippen LogP) is 4.84. The number of nitrogens with zero attached hydrogens (tertiary/aromatic N) is 5. The number of hydrogen-bond acceptors (Lipinski definition) is 9. The highest BCUT2D eigenvalue weighted by molar-refractivity contribution is 6.34. The number of anilines is 1. The van der Waals surface area contributed by atoms with E-state index < -0.39 is 29.7 Å². The highest BCUT2D eigenvalue weighted by atomic mass is 19.1. The third-order valence-corrected chi connectivity index (χ3v) is 6.69. The van der Waals surface area contributed by atoms with Crippen molar-refractivity contribution in [3.8, 4) is 17.3 Å². The molecule has 1 atom stereocenters. The van der Waals surface area contributed by atoms with Gasteiger partial charge < -0.3 is 14.2 Å². The fourth-order valence-electron chi connectivity index (χ4n) is 4.76. The van der Waals surface area contributed by atoms with Crippen molar-refractivity contribution in [3.05, 3.63) is 102 Å². The quantitative estimate of drug-likeness (QED) is 0.178. The zero-order valence-electron chi connectivity index (χ0n) is 23.1. The van der Waals surface area contributed by atoms with E-state index in [0.29, 0.717) is 22.3 Å². The van der Waals surface area contributed by atoms with Crippen molar-refractivity contribution in [2.24, 2.45) is 0 Å². The van der Waals surface area contributed by atoms with Crippen LogP contribution < -0.4 is 14.4 Å². The molecule has 1 aliphatic heterocycles. The number of carbonyl (C=O) groups is 3. The van der Waals surface area contributed by atoms with Crippen LogP contribution in [0.3, 0.4) is 0 Å². The number of amides is 2. The third kappa shape index (κ3) is 5.25. The Kier molecular flexibility index (Phi) is 7.24. The Labute approximate surface area is 244 Å². The molecule has 0 radical (unpaired) electrons. The van der Waals surface area contributed by atoms with E-state index in [2.05, 4.69) is 15.1 Å². The molecule has 2 amide bonds. The van der Waals surface area contributed by atoms with Crippen molar-refractivity contribution in [2.75, 3.05) is 18.1 Å². The number of imide groups is 1. The molecule has 0 saturated heterocycles. The Morgan fingerprint density at radius 1 is 0.977 bits per heavy atom. The van der Waals surface area contributed by atoms with Gasteiger partial charge in [-0.15, -0.1) is 0 Å². The van der Waals surface area contributed by atoms with Crippen molar-refractivity contribution >= 4 is 34.5 Å². The lowest BCUT2D eigenvalue weighted by molar-refractivity contribution is -0.145. The SMILES string of the molecule is CCOC(=O)COc1ccc(-n2cccn2)c([C@H](C)Oc2cc3cc(F)ccc3nc2N2C(=O)c3ccccc3C2=O)n1. The Hall–Kier alpha value is -5.65. The fourth-order valence-corrected chi connectivity index (χ4v) is 4.76. The van der Waals surface area contributed by atoms with Crippen LogP contribution in [0.4, 0.5) is 10.2 Å². The van der Waals surface area contributed by atoms with Crippen molar-refractivity contribution < 1.29 is 33.0 Å². The Morgan fingerprint density at radius 2 is 1.74 bits per heavy atom. The van der Waals surface area contributed by atoms with E-state index in [-0.39, 0.29) is 41.8 Å². The van der Waals surface area contributed by atoms with Crippen LogP contribution in [0, 0.1) is 5.82 Å². The Bertz CT molecular complexity index is 1840. The summed E-state index contributed by atoms with van der Waals surface area (Å²) in [5.41, 5.74) is 1.74. The number of ether oxygens (including phenoxy) is 3. The van der Waals surface area contributed by atoms with Crippen LogP contribution in [0.1, 0.15) is 46.4 Å². The van der Waals surface area contributed by atoms with E-state index >= 15 is 0 Å². The first kappa shape index (κ1) is 27.5. The molecule has 43 heavy (non-hydrogen) atoms. The molecule has 5 aromatic rings. The van der Waals surface area contributed by atoms with Gasteiger partial charge in [-0.3, -0.25) is 9.59 Å². The fraction of sp³-hybridized carbons (Fsp3) is 0.161. The molecule has 3 aromatic heterocycles. The molecule has 6 rings (SSSR count). The van der Waals surface area contributed by atoms with Gasteiger partial charge in [-0.1, -0.05) is 12.1 Å². The maximum Gasteiger partial charge on any atom is 0.344 e. The number of rotatable bonds is 9. The van der Waals surface area contributed by atoms with Crippen molar-refractivity contribution in [1.29, 1.82) is 0 Å². The molecule has 12 heteroatoms. The monoisotopic (exact) mass is 581 g/mol. The molecular weight excluding hydrogens is 557 g/mol. The summed E-state index contributed by atoms with van der Waals surface area (Å²) >= 11 is 0. The van der Waals surface area contributed by atoms with Crippen molar-refractivity contribution in [3.63, 3.8) is 0 Å². The normalized spacial score (nSPS) is 13.2. The second-order valence-corrected chi connectivity index (χ2v) is 9.50. The molecule has 0 fully saturated rings. The summed E-state index contributed by atoms with van der Waals surface area (Å²) in [6.45, 7) is 3.26. The standard InChI is InChI=1S/C31H24FN5O6/c1-3-41-27(38)17-42-26-12-11-24(36-14-6-13-33-36)28(35-26)18(2)43-25-16-19-15-20(32)9-10-23(19)34-29(25)37-30(39)21-7-4-5-8-22(21)31(37)40/h4-16,18H,3,17H2,1-2H3/t18-/m0/s1. The van der Waals surface area contributed by atoms with Gasteiger partial charge in [0.05, 0.1) is 28.9 Å². The van der Waals surface area contributed by atoms with E-state index in [0.717, 1.165) is 4.90 Å². The summed E-state index contributed by atoms with van der Waals surface area (Å²) in [5.74, 6) is -2.02. The maximum absolute atomic E-state index is 14.2. The van der Waals surface area contributed by atoms with Gasteiger partial charge >= 0.3 is 5.97 Å². The summed E-state index contributed by atoms with van der Waals surface area (Å²) in [5, 5.41) is 4.69. The van der Waals surface area contributed by atoms with Gasteiger partial charge in [0.15, 0.2) is 18.2 Å². The molecule has 0 aliphatic carbocycles. The molecule has 0 saturated carbocycles. The lowest BCUT2D eigenvalue weighted by Crippen LogP contribution is -2.31. The van der Waals surface area contributed by atoms with Crippen LogP contribution in [0.25, 0.3) is 16.6 Å². The first-order chi connectivity index (χ1) is 20.8. The highest BCUT2D eigenvalue weighted by Crippen LogP contribution is 2.38. The van der Waals surface area contributed by atoms with Gasteiger partial charge in [0, 0.05) is 23.8 Å². The lowest BCUT2D eigenvalue weighted by Gasteiger charge is -2.22. The third-order valence-electron chi connectivity index (χ3n) is 6.69. The number of aromatic nitrogens is 4. The lowest BCUT2D eigenvalue weighted by atomic mass is 10.1. The number of esters is 1. The van der Waals surface area contributed by atoms with Crippen LogP contribution in [0.5, 0.6) is 11.6 Å². The van der Waals surface area contributed by atoms with Gasteiger partial charge in [-0.2, -0.15) is 5.10 Å². The molecule has 1 aliphatic rings. The number of carbonyl (C=O) groups excluding carboxylic acids is 3. The topological polar surface area (TPSA) is 126 Å². The predicted molar refractivity (Wildman–Crippen MR) is 152 cm³/mol. The number of halogens is 1.